The Morgan fingerprint density at radius 1 is 0.362 bits per heavy atom. The van der Waals surface area contributed by atoms with Crippen molar-refractivity contribution in [2.75, 3.05) is 26.4 Å². The number of aliphatic hydroxyl groups excluding tert-OH is 1. The van der Waals surface area contributed by atoms with E-state index in [-0.39, 0.29) is 25.9 Å². The van der Waals surface area contributed by atoms with Crippen molar-refractivity contribution in [3.8, 4) is 0 Å². The summed E-state index contributed by atoms with van der Waals surface area (Å²) >= 11 is 0. The van der Waals surface area contributed by atoms with Gasteiger partial charge in [-0.2, -0.15) is 0 Å². The Morgan fingerprint density at radius 2 is 0.650 bits per heavy atom. The van der Waals surface area contributed by atoms with E-state index in [1.54, 1.807) is 0 Å². The highest BCUT2D eigenvalue weighted by molar-refractivity contribution is 7.47. The standard InChI is InChI=1S/C68H113O11P/c1-4-7-10-13-16-19-22-25-28-30-32-34-37-39-42-45-48-51-54-57-66(70)75-61-65(79-68(72)59-56-53-50-47-44-41-38-35-33-31-29-26-23-20-17-14-11-8-5-2)63-77-80(73,74)76-62-64(60-69)78-67(71)58-55-52-49-46-43-40-36-27-24-21-18-15-12-9-6-3/h7,9-10,12,16,18-19,21,25-29,32,34,36,39,42-43,46,64-65,69H,4-6,8,11,13-15,17,20,22-24,30-31,33,35,37-38,40-41,44-45,47-63H2,1-3H3,(H,73,74)/b10-7-,12-9-,19-16-,21-18-,28-25-,29-26-,34-32-,36-27-,42-39-,46-43-. The Hall–Kier alpha value is -4.12. The van der Waals surface area contributed by atoms with Gasteiger partial charge in [0.15, 0.2) is 6.10 Å². The monoisotopic (exact) mass is 1140 g/mol. The first kappa shape index (κ1) is 75.9. The number of rotatable bonds is 57. The third-order valence-corrected chi connectivity index (χ3v) is 13.8. The number of unbranched alkanes of at least 4 members (excludes halogenated alkanes) is 20. The fourth-order valence-corrected chi connectivity index (χ4v) is 8.92. The second-order valence-electron chi connectivity index (χ2n) is 20.5. The van der Waals surface area contributed by atoms with Crippen LogP contribution in [0.15, 0.2) is 122 Å². The zero-order chi connectivity index (χ0) is 58.3. The van der Waals surface area contributed by atoms with Crippen LogP contribution in [-0.2, 0) is 42.2 Å². The second-order valence-corrected chi connectivity index (χ2v) is 21.9. The maximum Gasteiger partial charge on any atom is 0.472 e. The summed E-state index contributed by atoms with van der Waals surface area (Å²) in [7, 11) is -4.78. The van der Waals surface area contributed by atoms with Gasteiger partial charge >= 0.3 is 25.7 Å². The molecule has 456 valence electrons. The van der Waals surface area contributed by atoms with E-state index in [9.17, 15) is 28.9 Å². The largest absolute Gasteiger partial charge is 0.472 e. The van der Waals surface area contributed by atoms with Gasteiger partial charge in [0.2, 0.25) is 0 Å². The van der Waals surface area contributed by atoms with Gasteiger partial charge in [-0.15, -0.1) is 0 Å². The van der Waals surface area contributed by atoms with E-state index < -0.39 is 57.8 Å². The first-order valence-electron chi connectivity index (χ1n) is 31.4. The number of phosphoric ester groups is 1. The lowest BCUT2D eigenvalue weighted by atomic mass is 10.1. The van der Waals surface area contributed by atoms with E-state index in [0.717, 1.165) is 109 Å². The zero-order valence-electron chi connectivity index (χ0n) is 50.5. The summed E-state index contributed by atoms with van der Waals surface area (Å²) in [5, 5.41) is 9.83. The van der Waals surface area contributed by atoms with Crippen LogP contribution in [0.1, 0.15) is 252 Å². The number of allylic oxidation sites excluding steroid dienone is 20. The molecule has 0 spiro atoms. The van der Waals surface area contributed by atoms with Crippen molar-refractivity contribution in [2.24, 2.45) is 0 Å². The van der Waals surface area contributed by atoms with Gasteiger partial charge in [-0.1, -0.05) is 226 Å². The molecule has 0 radical (unpaired) electrons. The van der Waals surface area contributed by atoms with Crippen molar-refractivity contribution >= 4 is 25.7 Å². The Labute approximate surface area is 487 Å². The Morgan fingerprint density at radius 3 is 1.05 bits per heavy atom. The van der Waals surface area contributed by atoms with Crippen LogP contribution >= 0.6 is 7.82 Å². The van der Waals surface area contributed by atoms with Crippen molar-refractivity contribution in [3.63, 3.8) is 0 Å². The fraction of sp³-hybridized carbons (Fsp3) is 0.662. The minimum absolute atomic E-state index is 0.117. The summed E-state index contributed by atoms with van der Waals surface area (Å²) in [5.74, 6) is -1.55. The van der Waals surface area contributed by atoms with E-state index in [4.69, 9.17) is 23.3 Å². The molecular weight excluding hydrogens is 1020 g/mol. The summed E-state index contributed by atoms with van der Waals surface area (Å²) in [5.41, 5.74) is 0. The van der Waals surface area contributed by atoms with E-state index in [1.807, 2.05) is 0 Å². The number of aliphatic hydroxyl groups is 1. The number of ether oxygens (including phenoxy) is 3. The van der Waals surface area contributed by atoms with Crippen LogP contribution in [-0.4, -0.2) is 66.5 Å². The Bertz CT molecular complexity index is 1800. The van der Waals surface area contributed by atoms with Gasteiger partial charge < -0.3 is 24.2 Å². The fourth-order valence-electron chi connectivity index (χ4n) is 8.13. The van der Waals surface area contributed by atoms with Gasteiger partial charge in [0.25, 0.3) is 0 Å². The minimum atomic E-state index is -4.78. The van der Waals surface area contributed by atoms with E-state index in [1.165, 1.54) is 83.5 Å². The molecule has 0 aromatic heterocycles. The highest BCUT2D eigenvalue weighted by atomic mass is 31.2. The molecule has 0 heterocycles. The average Bonchev–Trinajstić information content (AvgIpc) is 3.45. The van der Waals surface area contributed by atoms with E-state index in [0.29, 0.717) is 19.3 Å². The van der Waals surface area contributed by atoms with Gasteiger partial charge in [0, 0.05) is 19.3 Å². The number of phosphoric acid groups is 1. The maximum atomic E-state index is 13.0. The normalized spacial score (nSPS) is 14.1. The van der Waals surface area contributed by atoms with Crippen LogP contribution in [0.5, 0.6) is 0 Å². The molecule has 0 aromatic carbocycles. The topological polar surface area (TPSA) is 155 Å². The molecule has 0 aliphatic carbocycles. The first-order valence-corrected chi connectivity index (χ1v) is 32.9. The molecule has 0 rings (SSSR count). The molecule has 2 N–H and O–H groups in total. The lowest BCUT2D eigenvalue weighted by Gasteiger charge is -2.21. The van der Waals surface area contributed by atoms with Gasteiger partial charge in [-0.3, -0.25) is 23.4 Å². The van der Waals surface area contributed by atoms with E-state index >= 15 is 0 Å². The lowest BCUT2D eigenvalue weighted by molar-refractivity contribution is -0.161. The molecule has 12 heteroatoms. The summed E-state index contributed by atoms with van der Waals surface area (Å²) in [6, 6.07) is 0. The van der Waals surface area contributed by atoms with Crippen LogP contribution < -0.4 is 0 Å². The smallest absolute Gasteiger partial charge is 0.462 e. The molecule has 0 fully saturated rings. The molecule has 0 aromatic rings. The Balaban J connectivity index is 4.82. The molecule has 80 heavy (non-hydrogen) atoms. The molecule has 0 saturated carbocycles. The van der Waals surface area contributed by atoms with Crippen LogP contribution in [0.25, 0.3) is 0 Å². The molecule has 0 aliphatic heterocycles. The van der Waals surface area contributed by atoms with Gasteiger partial charge in [0.1, 0.15) is 12.7 Å². The summed E-state index contributed by atoms with van der Waals surface area (Å²) in [6.07, 6.45) is 75.8. The van der Waals surface area contributed by atoms with Gasteiger partial charge in [0.05, 0.1) is 19.8 Å². The lowest BCUT2D eigenvalue weighted by Crippen LogP contribution is -2.30. The van der Waals surface area contributed by atoms with Gasteiger partial charge in [-0.05, 0) is 128 Å². The quantitative estimate of drug-likeness (QED) is 0.0197. The predicted octanol–water partition coefficient (Wildman–Crippen LogP) is 19.1. The Kier molecular flexibility index (Phi) is 57.8. The van der Waals surface area contributed by atoms with Crippen LogP contribution in [0.2, 0.25) is 0 Å². The van der Waals surface area contributed by atoms with Gasteiger partial charge in [-0.25, -0.2) is 4.57 Å². The highest BCUT2D eigenvalue weighted by Crippen LogP contribution is 2.43. The number of esters is 3. The van der Waals surface area contributed by atoms with E-state index in [2.05, 4.69) is 142 Å². The minimum Gasteiger partial charge on any atom is -0.462 e. The summed E-state index contributed by atoms with van der Waals surface area (Å²) < 4.78 is 39.6. The number of carbonyl (C=O) groups excluding carboxylic acids is 3. The maximum absolute atomic E-state index is 13.0. The molecule has 3 atom stereocenters. The number of hydrogen-bond acceptors (Lipinski definition) is 10. The molecule has 0 saturated heterocycles. The predicted molar refractivity (Wildman–Crippen MR) is 334 cm³/mol. The second kappa shape index (κ2) is 61.0. The van der Waals surface area contributed by atoms with Crippen molar-refractivity contribution < 1.29 is 52.2 Å². The molecule has 11 nitrogen and oxygen atoms in total. The average molecular weight is 1140 g/mol. The molecular formula is C68H113O11P. The molecule has 3 unspecified atom stereocenters. The summed E-state index contributed by atoms with van der Waals surface area (Å²) in [4.78, 5) is 48.7. The van der Waals surface area contributed by atoms with Crippen molar-refractivity contribution in [1.29, 1.82) is 0 Å². The molecule has 0 bridgehead atoms. The van der Waals surface area contributed by atoms with Crippen LogP contribution in [0.4, 0.5) is 0 Å². The zero-order valence-corrected chi connectivity index (χ0v) is 51.4. The SMILES string of the molecule is CC/C=C\C/C=C\C/C=C\C/C=C\C/C=C\CCCCCC(=O)OCC(COP(=O)(O)OCC(CO)OC(=O)CCCC/C=C\C/C=C\C/C=C\C/C=C\CC)OC(=O)CCCCCCCCCCC/C=C\CCCCCCCC. The molecule has 0 amide bonds. The number of carbonyl (C=O) groups is 3. The number of hydrogen-bond donors (Lipinski definition) is 2. The molecule has 0 aliphatic rings. The van der Waals surface area contributed by atoms with Crippen molar-refractivity contribution in [2.45, 2.75) is 264 Å². The highest BCUT2D eigenvalue weighted by Gasteiger charge is 2.28. The first-order chi connectivity index (χ1) is 39.2. The van der Waals surface area contributed by atoms with Crippen LogP contribution in [0.3, 0.4) is 0 Å². The van der Waals surface area contributed by atoms with Crippen molar-refractivity contribution in [3.05, 3.63) is 122 Å². The third kappa shape index (κ3) is 58.5. The third-order valence-electron chi connectivity index (χ3n) is 12.8. The van der Waals surface area contributed by atoms with Crippen LogP contribution in [0, 0.1) is 0 Å². The summed E-state index contributed by atoms with van der Waals surface area (Å²) in [6.45, 7) is 4.34. The van der Waals surface area contributed by atoms with Crippen molar-refractivity contribution in [1.82, 2.24) is 0 Å².